The van der Waals surface area contributed by atoms with Gasteiger partial charge in [0.25, 0.3) is 0 Å². The first-order chi connectivity index (χ1) is 10.3. The lowest BCUT2D eigenvalue weighted by Crippen LogP contribution is -2.15. The first-order valence-corrected chi connectivity index (χ1v) is 8.25. The lowest BCUT2D eigenvalue weighted by Gasteiger charge is -2.09. The highest BCUT2D eigenvalue weighted by atomic mass is 35.5. The molecule has 2 heteroatoms. The van der Waals surface area contributed by atoms with Crippen LogP contribution in [0.5, 0.6) is 0 Å². The van der Waals surface area contributed by atoms with Crippen LogP contribution in [0.15, 0.2) is 42.5 Å². The number of hydrogen-bond donors (Lipinski definition) is 1. The third kappa shape index (κ3) is 3.87. The fourth-order valence-electron chi connectivity index (χ4n) is 2.61. The Hall–Kier alpha value is -1.31. The van der Waals surface area contributed by atoms with Crippen LogP contribution < -0.4 is 5.32 Å². The van der Waals surface area contributed by atoms with Gasteiger partial charge in [0.2, 0.25) is 0 Å². The summed E-state index contributed by atoms with van der Waals surface area (Å²) in [6, 6.07) is 15.9. The lowest BCUT2D eigenvalue weighted by atomic mass is 10.00. The molecule has 3 rings (SSSR count). The first kappa shape index (κ1) is 14.6. The molecule has 0 aromatic heterocycles. The highest BCUT2D eigenvalue weighted by Crippen LogP contribution is 2.27. The van der Waals surface area contributed by atoms with E-state index in [0.29, 0.717) is 6.04 Å². The predicted octanol–water partition coefficient (Wildman–Crippen LogP) is 5.21. The zero-order valence-electron chi connectivity index (χ0n) is 12.5. The van der Waals surface area contributed by atoms with Crippen LogP contribution in [0.25, 0.3) is 11.1 Å². The van der Waals surface area contributed by atoms with E-state index in [0.717, 1.165) is 18.0 Å². The summed E-state index contributed by atoms with van der Waals surface area (Å²) in [4.78, 5) is 0. The molecule has 0 radical (unpaired) electrons. The van der Waals surface area contributed by atoms with Crippen LogP contribution in [0.4, 0.5) is 0 Å². The molecule has 0 spiro atoms. The van der Waals surface area contributed by atoms with Crippen molar-refractivity contribution >= 4 is 11.6 Å². The van der Waals surface area contributed by atoms with Crippen molar-refractivity contribution in [3.05, 3.63) is 58.6 Å². The van der Waals surface area contributed by atoms with Crippen molar-refractivity contribution in [1.29, 1.82) is 0 Å². The molecule has 0 atom stereocenters. The Balaban J connectivity index is 1.78. The van der Waals surface area contributed by atoms with Gasteiger partial charge in [-0.3, -0.25) is 0 Å². The topological polar surface area (TPSA) is 12.0 Å². The summed E-state index contributed by atoms with van der Waals surface area (Å²) in [5.74, 6) is 0. The Bertz CT molecular complexity index is 617. The van der Waals surface area contributed by atoms with Gasteiger partial charge in [0.1, 0.15) is 0 Å². The van der Waals surface area contributed by atoms with Gasteiger partial charge in [0, 0.05) is 17.6 Å². The maximum atomic E-state index is 6.44. The summed E-state index contributed by atoms with van der Waals surface area (Å²) >= 11 is 6.44. The molecule has 1 fully saturated rings. The molecule has 1 saturated carbocycles. The fraction of sp³-hybridized carbons (Fsp3) is 0.368. The van der Waals surface area contributed by atoms with Gasteiger partial charge in [-0.1, -0.05) is 61.3 Å². The van der Waals surface area contributed by atoms with Crippen LogP contribution in [0, 0.1) is 0 Å². The number of rotatable bonds is 6. The van der Waals surface area contributed by atoms with Crippen molar-refractivity contribution in [2.45, 2.75) is 45.2 Å². The second-order valence-electron chi connectivity index (χ2n) is 5.91. The molecule has 2 aromatic carbocycles. The molecule has 2 aromatic rings. The van der Waals surface area contributed by atoms with Crippen LogP contribution >= 0.6 is 11.6 Å². The zero-order valence-corrected chi connectivity index (χ0v) is 13.3. The van der Waals surface area contributed by atoms with E-state index < -0.39 is 0 Å². The van der Waals surface area contributed by atoms with Crippen LogP contribution in [0.3, 0.4) is 0 Å². The van der Waals surface area contributed by atoms with Crippen molar-refractivity contribution in [3.63, 3.8) is 0 Å². The Kier molecular flexibility index (Phi) is 4.62. The summed E-state index contributed by atoms with van der Waals surface area (Å²) in [7, 11) is 0. The molecule has 110 valence electrons. The Morgan fingerprint density at radius 3 is 2.62 bits per heavy atom. The van der Waals surface area contributed by atoms with E-state index in [4.69, 9.17) is 11.6 Å². The van der Waals surface area contributed by atoms with Crippen LogP contribution in [-0.4, -0.2) is 6.04 Å². The molecule has 0 bridgehead atoms. The molecule has 0 aliphatic heterocycles. The van der Waals surface area contributed by atoms with E-state index in [1.165, 1.54) is 41.5 Å². The van der Waals surface area contributed by atoms with Crippen molar-refractivity contribution in [1.82, 2.24) is 5.32 Å². The molecule has 1 nitrogen and oxygen atoms in total. The number of nitrogens with one attached hydrogen (secondary N) is 1. The molecule has 1 aliphatic carbocycles. The Morgan fingerprint density at radius 1 is 1.10 bits per heavy atom. The quantitative estimate of drug-likeness (QED) is 0.772. The molecule has 0 amide bonds. The third-order valence-electron chi connectivity index (χ3n) is 4.01. The summed E-state index contributed by atoms with van der Waals surface area (Å²) in [6.07, 6.45) is 4.92. The first-order valence-electron chi connectivity index (χ1n) is 7.87. The largest absolute Gasteiger partial charge is 0.310 e. The number of hydrogen-bond acceptors (Lipinski definition) is 1. The molecule has 1 N–H and O–H groups in total. The summed E-state index contributed by atoms with van der Waals surface area (Å²) < 4.78 is 0. The summed E-state index contributed by atoms with van der Waals surface area (Å²) in [5, 5.41) is 4.38. The minimum Gasteiger partial charge on any atom is -0.310 e. The van der Waals surface area contributed by atoms with E-state index in [9.17, 15) is 0 Å². The summed E-state index contributed by atoms with van der Waals surface area (Å²) in [5.41, 5.74) is 5.04. The minimum atomic E-state index is 0.714. The molecule has 0 heterocycles. The molecular formula is C19H22ClN. The predicted molar refractivity (Wildman–Crippen MR) is 90.7 cm³/mol. The Morgan fingerprint density at radius 2 is 1.90 bits per heavy atom. The highest BCUT2D eigenvalue weighted by Gasteiger charge is 2.20. The maximum absolute atomic E-state index is 6.44. The maximum Gasteiger partial charge on any atom is 0.0457 e. The van der Waals surface area contributed by atoms with Crippen molar-refractivity contribution in [2.75, 3.05) is 0 Å². The van der Waals surface area contributed by atoms with Gasteiger partial charge in [-0.2, -0.15) is 0 Å². The number of benzene rings is 2. The average molecular weight is 300 g/mol. The second kappa shape index (κ2) is 6.64. The number of halogens is 1. The fourth-order valence-corrected chi connectivity index (χ4v) is 2.85. The van der Waals surface area contributed by atoms with Crippen molar-refractivity contribution in [2.24, 2.45) is 0 Å². The monoisotopic (exact) mass is 299 g/mol. The van der Waals surface area contributed by atoms with E-state index in [2.05, 4.69) is 54.7 Å². The van der Waals surface area contributed by atoms with Crippen LogP contribution in [0.1, 0.15) is 37.3 Å². The Labute approximate surface area is 132 Å². The standard InChI is InChI=1S/C19H22ClN/c1-2-4-14-5-3-6-15(11-14)16-7-8-17(19(20)12-16)13-21-18-9-10-18/h3,5-8,11-12,18,21H,2,4,9-10,13H2,1H3. The van der Waals surface area contributed by atoms with E-state index in [1.54, 1.807) is 0 Å². The van der Waals surface area contributed by atoms with Gasteiger partial charge in [-0.05, 0) is 47.6 Å². The molecule has 0 unspecified atom stereocenters. The molecule has 0 saturated heterocycles. The summed E-state index contributed by atoms with van der Waals surface area (Å²) in [6.45, 7) is 3.09. The SMILES string of the molecule is CCCc1cccc(-c2ccc(CNC3CC3)c(Cl)c2)c1. The molecule has 21 heavy (non-hydrogen) atoms. The van der Waals surface area contributed by atoms with E-state index in [1.807, 2.05) is 0 Å². The van der Waals surface area contributed by atoms with Crippen molar-refractivity contribution < 1.29 is 0 Å². The lowest BCUT2D eigenvalue weighted by molar-refractivity contribution is 0.688. The van der Waals surface area contributed by atoms with Gasteiger partial charge in [-0.15, -0.1) is 0 Å². The zero-order chi connectivity index (χ0) is 14.7. The molecule has 1 aliphatic rings. The smallest absolute Gasteiger partial charge is 0.0457 e. The van der Waals surface area contributed by atoms with E-state index >= 15 is 0 Å². The third-order valence-corrected chi connectivity index (χ3v) is 4.36. The van der Waals surface area contributed by atoms with Crippen molar-refractivity contribution in [3.8, 4) is 11.1 Å². The van der Waals surface area contributed by atoms with Gasteiger partial charge in [0.15, 0.2) is 0 Å². The average Bonchev–Trinajstić information content (AvgIpc) is 3.31. The number of aryl methyl sites for hydroxylation is 1. The normalized spacial score (nSPS) is 14.4. The van der Waals surface area contributed by atoms with Gasteiger partial charge in [-0.25, -0.2) is 0 Å². The van der Waals surface area contributed by atoms with Crippen LogP contribution in [-0.2, 0) is 13.0 Å². The van der Waals surface area contributed by atoms with E-state index in [-0.39, 0.29) is 0 Å². The van der Waals surface area contributed by atoms with Gasteiger partial charge < -0.3 is 5.32 Å². The van der Waals surface area contributed by atoms with Gasteiger partial charge in [0.05, 0.1) is 0 Å². The minimum absolute atomic E-state index is 0.714. The highest BCUT2D eigenvalue weighted by molar-refractivity contribution is 6.31. The molecular weight excluding hydrogens is 278 g/mol. The van der Waals surface area contributed by atoms with Gasteiger partial charge >= 0.3 is 0 Å². The van der Waals surface area contributed by atoms with Crippen LogP contribution in [0.2, 0.25) is 5.02 Å². The second-order valence-corrected chi connectivity index (χ2v) is 6.32.